The van der Waals surface area contributed by atoms with Gasteiger partial charge in [-0.25, -0.2) is 9.97 Å². The molecule has 2 fully saturated rings. The predicted octanol–water partition coefficient (Wildman–Crippen LogP) is 0.396. The normalized spacial score (nSPS) is 20.4. The molecule has 2 aliphatic rings. The van der Waals surface area contributed by atoms with E-state index < -0.39 is 0 Å². The summed E-state index contributed by atoms with van der Waals surface area (Å²) in [5.74, 6) is 0.784. The maximum atomic E-state index is 12.6. The Labute approximate surface area is 144 Å². The van der Waals surface area contributed by atoms with Crippen molar-refractivity contribution < 1.29 is 4.79 Å². The lowest BCUT2D eigenvalue weighted by molar-refractivity contribution is 0.0642. The number of hydrogen-bond acceptors (Lipinski definition) is 6. The molecule has 1 aromatic rings. The van der Waals surface area contributed by atoms with Gasteiger partial charge in [0.1, 0.15) is 0 Å². The first-order valence-corrected chi connectivity index (χ1v) is 9.02. The Kier molecular flexibility index (Phi) is 5.63. The molecule has 2 aliphatic heterocycles. The molecule has 0 unspecified atom stereocenters. The Morgan fingerprint density at radius 1 is 0.875 bits per heavy atom. The van der Waals surface area contributed by atoms with Crippen LogP contribution in [-0.2, 0) is 0 Å². The van der Waals surface area contributed by atoms with Gasteiger partial charge in [-0.15, -0.1) is 0 Å². The van der Waals surface area contributed by atoms with Crippen molar-refractivity contribution >= 4 is 11.9 Å². The number of amides is 1. The quantitative estimate of drug-likeness (QED) is 0.795. The van der Waals surface area contributed by atoms with E-state index in [1.54, 1.807) is 12.4 Å². The number of likely N-dealkylation sites (N-methyl/N-ethyl adjacent to an activating group) is 2. The summed E-state index contributed by atoms with van der Waals surface area (Å²) in [4.78, 5) is 30.3. The number of carbonyl (C=O) groups excluding carboxylic acids is 1. The van der Waals surface area contributed by atoms with E-state index in [9.17, 15) is 4.79 Å². The number of nitrogens with zero attached hydrogens (tertiary/aromatic N) is 6. The first-order valence-electron chi connectivity index (χ1n) is 9.02. The van der Waals surface area contributed by atoms with E-state index in [4.69, 9.17) is 0 Å². The molecule has 24 heavy (non-hydrogen) atoms. The van der Waals surface area contributed by atoms with Crippen LogP contribution in [0.25, 0.3) is 0 Å². The first kappa shape index (κ1) is 17.1. The van der Waals surface area contributed by atoms with Crippen LogP contribution in [0.1, 0.15) is 24.2 Å². The molecule has 0 N–H and O–H groups in total. The number of anilines is 1. The fourth-order valence-corrected chi connectivity index (χ4v) is 3.31. The molecule has 2 saturated heterocycles. The molecule has 0 aliphatic carbocycles. The lowest BCUT2D eigenvalue weighted by Crippen LogP contribution is -2.48. The zero-order valence-corrected chi connectivity index (χ0v) is 14.8. The molecular weight excluding hydrogens is 304 g/mol. The maximum absolute atomic E-state index is 12.6. The third-order valence-electron chi connectivity index (χ3n) is 5.09. The Balaban J connectivity index is 1.57. The molecule has 1 amide bonds. The Morgan fingerprint density at radius 3 is 1.88 bits per heavy atom. The van der Waals surface area contributed by atoms with Crippen LogP contribution in [0.2, 0.25) is 0 Å². The summed E-state index contributed by atoms with van der Waals surface area (Å²) >= 11 is 0. The summed E-state index contributed by atoms with van der Waals surface area (Å²) in [7, 11) is 0. The van der Waals surface area contributed by atoms with E-state index in [-0.39, 0.29) is 5.91 Å². The minimum absolute atomic E-state index is 0.0492. The predicted molar refractivity (Wildman–Crippen MR) is 94.4 cm³/mol. The highest BCUT2D eigenvalue weighted by atomic mass is 16.2. The highest BCUT2D eigenvalue weighted by Gasteiger charge is 2.23. The molecule has 0 aromatic carbocycles. The van der Waals surface area contributed by atoms with Gasteiger partial charge in [0, 0.05) is 64.8 Å². The molecule has 7 heteroatoms. The lowest BCUT2D eigenvalue weighted by Gasteiger charge is -2.34. The second kappa shape index (κ2) is 7.90. The van der Waals surface area contributed by atoms with Gasteiger partial charge in [-0.2, -0.15) is 0 Å². The molecule has 1 aromatic heterocycles. The van der Waals surface area contributed by atoms with Crippen LogP contribution in [0.3, 0.4) is 0 Å². The van der Waals surface area contributed by atoms with Crippen LogP contribution < -0.4 is 4.90 Å². The summed E-state index contributed by atoms with van der Waals surface area (Å²) in [6.45, 7) is 13.9. The van der Waals surface area contributed by atoms with Crippen LogP contribution in [0, 0.1) is 0 Å². The minimum atomic E-state index is 0.0492. The van der Waals surface area contributed by atoms with Crippen molar-refractivity contribution in [2.75, 3.05) is 70.3 Å². The van der Waals surface area contributed by atoms with Crippen molar-refractivity contribution in [3.63, 3.8) is 0 Å². The smallest absolute Gasteiger partial charge is 0.257 e. The second-order valence-corrected chi connectivity index (χ2v) is 6.42. The Morgan fingerprint density at radius 2 is 1.38 bits per heavy atom. The Hall–Kier alpha value is -1.73. The molecule has 3 heterocycles. The van der Waals surface area contributed by atoms with E-state index in [0.29, 0.717) is 5.56 Å². The summed E-state index contributed by atoms with van der Waals surface area (Å²) in [6, 6.07) is 0. The average Bonchev–Trinajstić information content (AvgIpc) is 2.68. The molecule has 3 rings (SSSR count). The van der Waals surface area contributed by atoms with Crippen molar-refractivity contribution in [3.05, 3.63) is 18.0 Å². The summed E-state index contributed by atoms with van der Waals surface area (Å²) in [5.41, 5.74) is 0.593. The van der Waals surface area contributed by atoms with Crippen LogP contribution in [0.5, 0.6) is 0 Å². The molecule has 0 radical (unpaired) electrons. The third kappa shape index (κ3) is 3.84. The van der Waals surface area contributed by atoms with Crippen LogP contribution in [0.15, 0.2) is 12.4 Å². The molecule has 0 bridgehead atoms. The number of carbonyl (C=O) groups is 1. The van der Waals surface area contributed by atoms with Crippen LogP contribution in [-0.4, -0.2) is 96.0 Å². The van der Waals surface area contributed by atoms with Gasteiger partial charge in [-0.1, -0.05) is 13.8 Å². The number of hydrogen-bond donors (Lipinski definition) is 0. The molecule has 132 valence electrons. The van der Waals surface area contributed by atoms with Crippen molar-refractivity contribution in [1.82, 2.24) is 24.7 Å². The van der Waals surface area contributed by atoms with Crippen molar-refractivity contribution in [3.8, 4) is 0 Å². The highest BCUT2D eigenvalue weighted by Crippen LogP contribution is 2.13. The number of rotatable bonds is 4. The van der Waals surface area contributed by atoms with Gasteiger partial charge in [0.05, 0.1) is 5.56 Å². The lowest BCUT2D eigenvalue weighted by atomic mass is 10.2. The summed E-state index contributed by atoms with van der Waals surface area (Å²) < 4.78 is 0. The van der Waals surface area contributed by atoms with Crippen molar-refractivity contribution in [2.45, 2.75) is 13.8 Å². The zero-order valence-electron chi connectivity index (χ0n) is 14.8. The third-order valence-corrected chi connectivity index (χ3v) is 5.09. The van der Waals surface area contributed by atoms with E-state index in [2.05, 4.69) is 38.5 Å². The van der Waals surface area contributed by atoms with Gasteiger partial charge in [0.25, 0.3) is 5.91 Å². The van der Waals surface area contributed by atoms with E-state index in [1.165, 1.54) is 0 Å². The molecule has 7 nitrogen and oxygen atoms in total. The van der Waals surface area contributed by atoms with Gasteiger partial charge in [0.15, 0.2) is 0 Å². The van der Waals surface area contributed by atoms with E-state index in [0.717, 1.165) is 71.4 Å². The molecule has 0 spiro atoms. The van der Waals surface area contributed by atoms with Gasteiger partial charge in [-0.05, 0) is 13.1 Å². The SMILES string of the molecule is CCN1CCN(C(=O)c2cnc(N3CCN(CC)CC3)nc2)CC1. The van der Waals surface area contributed by atoms with Crippen molar-refractivity contribution in [2.24, 2.45) is 0 Å². The zero-order chi connectivity index (χ0) is 16.9. The van der Waals surface area contributed by atoms with Gasteiger partial charge >= 0.3 is 0 Å². The standard InChI is InChI=1S/C17H28N6O/c1-3-20-5-9-22(10-6-20)16(24)15-13-18-17(19-14-15)23-11-7-21(4-2)8-12-23/h13-14H,3-12H2,1-2H3. The fourth-order valence-electron chi connectivity index (χ4n) is 3.31. The average molecular weight is 332 g/mol. The summed E-state index contributed by atoms with van der Waals surface area (Å²) in [5, 5.41) is 0. The van der Waals surface area contributed by atoms with E-state index in [1.807, 2.05) is 4.90 Å². The minimum Gasteiger partial charge on any atom is -0.338 e. The first-order chi connectivity index (χ1) is 11.7. The Bertz CT molecular complexity index is 533. The van der Waals surface area contributed by atoms with Gasteiger partial charge < -0.3 is 19.6 Å². The molecule has 0 atom stereocenters. The van der Waals surface area contributed by atoms with E-state index >= 15 is 0 Å². The maximum Gasteiger partial charge on any atom is 0.257 e. The highest BCUT2D eigenvalue weighted by molar-refractivity contribution is 5.93. The molecule has 0 saturated carbocycles. The monoisotopic (exact) mass is 332 g/mol. The van der Waals surface area contributed by atoms with Gasteiger partial charge in [-0.3, -0.25) is 4.79 Å². The van der Waals surface area contributed by atoms with Crippen molar-refractivity contribution in [1.29, 1.82) is 0 Å². The second-order valence-electron chi connectivity index (χ2n) is 6.42. The van der Waals surface area contributed by atoms with Gasteiger partial charge in [0.2, 0.25) is 5.95 Å². The fraction of sp³-hybridized carbons (Fsp3) is 0.706. The molecular formula is C17H28N6O. The number of piperazine rings is 2. The van der Waals surface area contributed by atoms with Crippen LogP contribution >= 0.6 is 0 Å². The number of aromatic nitrogens is 2. The largest absolute Gasteiger partial charge is 0.338 e. The summed E-state index contributed by atoms with van der Waals surface area (Å²) in [6.07, 6.45) is 3.37. The van der Waals surface area contributed by atoms with Crippen LogP contribution in [0.4, 0.5) is 5.95 Å². The topological polar surface area (TPSA) is 55.8 Å².